The Morgan fingerprint density at radius 1 is 1.30 bits per heavy atom. The van der Waals surface area contributed by atoms with Crippen molar-refractivity contribution in [1.82, 2.24) is 9.88 Å². The molecule has 1 aromatic carbocycles. The van der Waals surface area contributed by atoms with Gasteiger partial charge < -0.3 is 10.0 Å². The van der Waals surface area contributed by atoms with Crippen LogP contribution in [0.15, 0.2) is 36.4 Å². The molecule has 0 atom stereocenters. The number of halogens is 2. The SMILES string of the molecule is CN(Cc1cccc(O)c1)C(=O)c1nc(Cl)ccc1Cl. The molecule has 1 heterocycles. The van der Waals surface area contributed by atoms with E-state index in [2.05, 4.69) is 4.98 Å². The average molecular weight is 311 g/mol. The Kier molecular flexibility index (Phi) is 4.47. The van der Waals surface area contributed by atoms with E-state index in [1.807, 2.05) is 6.07 Å². The van der Waals surface area contributed by atoms with Crippen LogP contribution in [0.4, 0.5) is 0 Å². The maximum Gasteiger partial charge on any atom is 0.274 e. The van der Waals surface area contributed by atoms with Crippen molar-refractivity contribution in [3.05, 3.63) is 57.8 Å². The molecule has 104 valence electrons. The summed E-state index contributed by atoms with van der Waals surface area (Å²) >= 11 is 11.7. The van der Waals surface area contributed by atoms with Gasteiger partial charge in [0.1, 0.15) is 16.6 Å². The number of phenolic OH excluding ortho intramolecular Hbond substituents is 1. The number of aromatic hydroxyl groups is 1. The average Bonchev–Trinajstić information content (AvgIpc) is 2.40. The van der Waals surface area contributed by atoms with Crippen LogP contribution in [-0.4, -0.2) is 27.9 Å². The lowest BCUT2D eigenvalue weighted by atomic mass is 10.2. The van der Waals surface area contributed by atoms with Gasteiger partial charge in [-0.25, -0.2) is 4.98 Å². The van der Waals surface area contributed by atoms with E-state index in [0.717, 1.165) is 5.56 Å². The first kappa shape index (κ1) is 14.6. The lowest BCUT2D eigenvalue weighted by molar-refractivity contribution is 0.0779. The molecule has 1 amide bonds. The Labute approximate surface area is 126 Å². The first-order chi connectivity index (χ1) is 9.47. The van der Waals surface area contributed by atoms with Gasteiger partial charge in [-0.05, 0) is 29.8 Å². The van der Waals surface area contributed by atoms with E-state index in [4.69, 9.17) is 23.2 Å². The van der Waals surface area contributed by atoms with Gasteiger partial charge in [0.2, 0.25) is 0 Å². The third-order valence-corrected chi connectivity index (χ3v) is 3.21. The molecular weight excluding hydrogens is 299 g/mol. The van der Waals surface area contributed by atoms with Crippen molar-refractivity contribution in [1.29, 1.82) is 0 Å². The largest absolute Gasteiger partial charge is 0.508 e. The quantitative estimate of drug-likeness (QED) is 0.884. The van der Waals surface area contributed by atoms with E-state index >= 15 is 0 Å². The van der Waals surface area contributed by atoms with Gasteiger partial charge in [-0.1, -0.05) is 35.3 Å². The number of rotatable bonds is 3. The van der Waals surface area contributed by atoms with Crippen LogP contribution in [0, 0.1) is 0 Å². The first-order valence-electron chi connectivity index (χ1n) is 5.83. The highest BCUT2D eigenvalue weighted by molar-refractivity contribution is 6.34. The highest BCUT2D eigenvalue weighted by atomic mass is 35.5. The molecule has 2 rings (SSSR count). The Bertz CT molecular complexity index is 647. The number of hydrogen-bond acceptors (Lipinski definition) is 3. The predicted octanol–water partition coefficient (Wildman–Crippen LogP) is 3.37. The summed E-state index contributed by atoms with van der Waals surface area (Å²) in [5, 5.41) is 9.87. The summed E-state index contributed by atoms with van der Waals surface area (Å²) in [5.41, 5.74) is 0.917. The fourth-order valence-corrected chi connectivity index (χ4v) is 2.08. The molecular formula is C14H12Cl2N2O2. The van der Waals surface area contributed by atoms with Crippen molar-refractivity contribution in [2.24, 2.45) is 0 Å². The summed E-state index contributed by atoms with van der Waals surface area (Å²) in [7, 11) is 1.63. The Morgan fingerprint density at radius 2 is 2.05 bits per heavy atom. The molecule has 0 unspecified atom stereocenters. The van der Waals surface area contributed by atoms with Crippen molar-refractivity contribution < 1.29 is 9.90 Å². The molecule has 0 saturated heterocycles. The number of carbonyl (C=O) groups is 1. The van der Waals surface area contributed by atoms with Gasteiger partial charge in [-0.2, -0.15) is 0 Å². The molecule has 4 nitrogen and oxygen atoms in total. The van der Waals surface area contributed by atoms with E-state index in [1.54, 1.807) is 25.2 Å². The van der Waals surface area contributed by atoms with Gasteiger partial charge in [0.25, 0.3) is 5.91 Å². The first-order valence-corrected chi connectivity index (χ1v) is 6.58. The van der Waals surface area contributed by atoms with Crippen molar-refractivity contribution >= 4 is 29.1 Å². The second kappa shape index (κ2) is 6.11. The van der Waals surface area contributed by atoms with Crippen LogP contribution in [0.5, 0.6) is 5.75 Å². The molecule has 0 aliphatic heterocycles. The lowest BCUT2D eigenvalue weighted by Crippen LogP contribution is -2.27. The van der Waals surface area contributed by atoms with E-state index in [9.17, 15) is 9.90 Å². The number of carbonyl (C=O) groups excluding carboxylic acids is 1. The number of phenols is 1. The van der Waals surface area contributed by atoms with Crippen LogP contribution in [0.2, 0.25) is 10.2 Å². The minimum absolute atomic E-state index is 0.113. The van der Waals surface area contributed by atoms with E-state index in [0.29, 0.717) is 6.54 Å². The van der Waals surface area contributed by atoms with Crippen LogP contribution in [-0.2, 0) is 6.54 Å². The molecule has 0 aliphatic carbocycles. The number of hydrogen-bond donors (Lipinski definition) is 1. The van der Waals surface area contributed by atoms with Gasteiger partial charge in [-0.15, -0.1) is 0 Å². The second-order valence-electron chi connectivity index (χ2n) is 4.30. The zero-order valence-corrected chi connectivity index (χ0v) is 12.2. The molecule has 0 spiro atoms. The Balaban J connectivity index is 2.18. The molecule has 0 saturated carbocycles. The van der Waals surface area contributed by atoms with Crippen LogP contribution in [0.3, 0.4) is 0 Å². The number of amides is 1. The number of benzene rings is 1. The van der Waals surface area contributed by atoms with E-state index in [1.165, 1.54) is 17.0 Å². The molecule has 1 N–H and O–H groups in total. The molecule has 0 aliphatic rings. The highest BCUT2D eigenvalue weighted by Crippen LogP contribution is 2.19. The topological polar surface area (TPSA) is 53.4 Å². The lowest BCUT2D eigenvalue weighted by Gasteiger charge is -2.17. The standard InChI is InChI=1S/C14H12Cl2N2O2/c1-18(8-9-3-2-4-10(19)7-9)14(20)13-11(15)5-6-12(16)17-13/h2-7,19H,8H2,1H3. The zero-order chi connectivity index (χ0) is 14.7. The Hall–Kier alpha value is -1.78. The van der Waals surface area contributed by atoms with Crippen LogP contribution >= 0.6 is 23.2 Å². The minimum atomic E-state index is -0.333. The highest BCUT2D eigenvalue weighted by Gasteiger charge is 2.17. The normalized spacial score (nSPS) is 10.3. The van der Waals surface area contributed by atoms with Gasteiger partial charge in [-0.3, -0.25) is 4.79 Å². The summed E-state index contributed by atoms with van der Waals surface area (Å²) in [6.07, 6.45) is 0. The third kappa shape index (κ3) is 3.40. The molecule has 2 aromatic rings. The summed E-state index contributed by atoms with van der Waals surface area (Å²) in [6.45, 7) is 0.331. The maximum absolute atomic E-state index is 12.3. The fraction of sp³-hybridized carbons (Fsp3) is 0.143. The number of nitrogens with zero attached hydrogens (tertiary/aromatic N) is 2. The molecule has 1 aromatic heterocycles. The van der Waals surface area contributed by atoms with Crippen LogP contribution in [0.25, 0.3) is 0 Å². The summed E-state index contributed by atoms with van der Waals surface area (Å²) in [4.78, 5) is 17.7. The minimum Gasteiger partial charge on any atom is -0.508 e. The van der Waals surface area contributed by atoms with Gasteiger partial charge >= 0.3 is 0 Å². The Morgan fingerprint density at radius 3 is 2.75 bits per heavy atom. The van der Waals surface area contributed by atoms with Gasteiger partial charge in [0.05, 0.1) is 5.02 Å². The number of pyridine rings is 1. The summed E-state index contributed by atoms with van der Waals surface area (Å²) in [6, 6.07) is 9.75. The van der Waals surface area contributed by atoms with E-state index in [-0.39, 0.29) is 27.5 Å². The van der Waals surface area contributed by atoms with Gasteiger partial charge in [0.15, 0.2) is 0 Å². The zero-order valence-electron chi connectivity index (χ0n) is 10.7. The van der Waals surface area contributed by atoms with Crippen molar-refractivity contribution in [2.45, 2.75) is 6.54 Å². The third-order valence-electron chi connectivity index (χ3n) is 2.69. The monoisotopic (exact) mass is 310 g/mol. The van der Waals surface area contributed by atoms with Gasteiger partial charge in [0, 0.05) is 13.6 Å². The van der Waals surface area contributed by atoms with E-state index < -0.39 is 0 Å². The molecule has 6 heteroatoms. The van der Waals surface area contributed by atoms with Crippen LogP contribution in [0.1, 0.15) is 16.1 Å². The van der Waals surface area contributed by atoms with Crippen molar-refractivity contribution in [3.8, 4) is 5.75 Å². The maximum atomic E-state index is 12.3. The predicted molar refractivity (Wildman–Crippen MR) is 78.2 cm³/mol. The summed E-state index contributed by atoms with van der Waals surface area (Å²) < 4.78 is 0. The second-order valence-corrected chi connectivity index (χ2v) is 5.09. The molecule has 0 fully saturated rings. The molecule has 20 heavy (non-hydrogen) atoms. The van der Waals surface area contributed by atoms with Crippen molar-refractivity contribution in [2.75, 3.05) is 7.05 Å². The van der Waals surface area contributed by atoms with Crippen LogP contribution < -0.4 is 0 Å². The molecule has 0 radical (unpaired) electrons. The molecule has 0 bridgehead atoms. The number of aromatic nitrogens is 1. The van der Waals surface area contributed by atoms with Crippen molar-refractivity contribution in [3.63, 3.8) is 0 Å². The summed E-state index contributed by atoms with van der Waals surface area (Å²) in [5.74, 6) is -0.178. The fourth-order valence-electron chi connectivity index (χ4n) is 1.75. The smallest absolute Gasteiger partial charge is 0.274 e.